The van der Waals surface area contributed by atoms with Crippen LogP contribution in [0.15, 0.2) is 60.7 Å². The van der Waals surface area contributed by atoms with Gasteiger partial charge in [-0.1, -0.05) is 43.3 Å². The standard InChI is InChI=1S/C25H28N4O2/c1-3-20-7-9-21(10-8-20)23-11-12-24(27-26-23)28-13-15-29(16-14-28)25(30)18-31-22-6-4-5-19(2)17-22/h4-12,17H,3,13-16,18H2,1-2H3. The number of benzene rings is 2. The lowest BCUT2D eigenvalue weighted by atomic mass is 10.1. The number of carbonyl (C=O) groups is 1. The van der Waals surface area contributed by atoms with Crippen LogP contribution >= 0.6 is 0 Å². The smallest absolute Gasteiger partial charge is 0.260 e. The minimum atomic E-state index is 0.0121. The third kappa shape index (κ3) is 5.20. The van der Waals surface area contributed by atoms with Crippen LogP contribution in [0.3, 0.4) is 0 Å². The molecule has 6 heteroatoms. The molecule has 3 aromatic rings. The van der Waals surface area contributed by atoms with E-state index in [1.807, 2.05) is 48.2 Å². The summed E-state index contributed by atoms with van der Waals surface area (Å²) in [6.45, 7) is 6.98. The number of aryl methyl sites for hydroxylation is 2. The van der Waals surface area contributed by atoms with Crippen molar-refractivity contribution in [2.24, 2.45) is 0 Å². The molecule has 0 N–H and O–H groups in total. The van der Waals surface area contributed by atoms with Crippen LogP contribution in [0.4, 0.5) is 5.82 Å². The van der Waals surface area contributed by atoms with Crippen LogP contribution < -0.4 is 9.64 Å². The van der Waals surface area contributed by atoms with Crippen molar-refractivity contribution in [1.82, 2.24) is 15.1 Å². The highest BCUT2D eigenvalue weighted by atomic mass is 16.5. The zero-order valence-electron chi connectivity index (χ0n) is 18.1. The van der Waals surface area contributed by atoms with Crippen LogP contribution in [-0.4, -0.2) is 53.8 Å². The van der Waals surface area contributed by atoms with Crippen LogP contribution in [0.1, 0.15) is 18.1 Å². The molecule has 0 radical (unpaired) electrons. The molecule has 1 fully saturated rings. The number of piperazine rings is 1. The van der Waals surface area contributed by atoms with Gasteiger partial charge in [-0.25, -0.2) is 0 Å². The first-order valence-electron chi connectivity index (χ1n) is 10.8. The van der Waals surface area contributed by atoms with Gasteiger partial charge >= 0.3 is 0 Å². The number of anilines is 1. The molecule has 0 atom stereocenters. The van der Waals surface area contributed by atoms with Crippen molar-refractivity contribution in [3.63, 3.8) is 0 Å². The van der Waals surface area contributed by atoms with Crippen LogP contribution in [0.25, 0.3) is 11.3 Å². The number of amides is 1. The fourth-order valence-electron chi connectivity index (χ4n) is 3.69. The van der Waals surface area contributed by atoms with Crippen molar-refractivity contribution in [3.05, 3.63) is 71.8 Å². The Hall–Kier alpha value is -3.41. The molecule has 1 amide bonds. The Morgan fingerprint density at radius 3 is 2.39 bits per heavy atom. The molecule has 4 rings (SSSR count). The van der Waals surface area contributed by atoms with Gasteiger partial charge in [0.1, 0.15) is 5.75 Å². The van der Waals surface area contributed by atoms with E-state index in [0.717, 1.165) is 47.9 Å². The van der Waals surface area contributed by atoms with Crippen LogP contribution in [0.5, 0.6) is 5.75 Å². The van der Waals surface area contributed by atoms with Gasteiger partial charge in [0, 0.05) is 31.7 Å². The minimum absolute atomic E-state index is 0.0121. The molecular weight excluding hydrogens is 388 g/mol. The first kappa shape index (κ1) is 20.8. The van der Waals surface area contributed by atoms with E-state index < -0.39 is 0 Å². The first-order chi connectivity index (χ1) is 15.1. The lowest BCUT2D eigenvalue weighted by Crippen LogP contribution is -2.50. The predicted octanol–water partition coefficient (Wildman–Crippen LogP) is 3.74. The topological polar surface area (TPSA) is 58.6 Å². The number of hydrogen-bond donors (Lipinski definition) is 0. The second kappa shape index (κ2) is 9.60. The molecule has 1 aromatic heterocycles. The molecule has 0 aliphatic carbocycles. The zero-order chi connectivity index (χ0) is 21.6. The second-order valence-electron chi connectivity index (χ2n) is 7.80. The van der Waals surface area contributed by atoms with Crippen molar-refractivity contribution < 1.29 is 9.53 Å². The SMILES string of the molecule is CCc1ccc(-c2ccc(N3CCN(C(=O)COc4cccc(C)c4)CC3)nn2)cc1. The highest BCUT2D eigenvalue weighted by Crippen LogP contribution is 2.20. The monoisotopic (exact) mass is 416 g/mol. The molecule has 0 spiro atoms. The summed E-state index contributed by atoms with van der Waals surface area (Å²) in [5.74, 6) is 1.59. The van der Waals surface area contributed by atoms with Gasteiger partial charge in [0.15, 0.2) is 12.4 Å². The number of rotatable bonds is 6. The summed E-state index contributed by atoms with van der Waals surface area (Å²) in [5.41, 5.74) is 4.36. The summed E-state index contributed by atoms with van der Waals surface area (Å²) in [6, 6.07) is 20.2. The molecule has 0 bridgehead atoms. The van der Waals surface area contributed by atoms with E-state index in [2.05, 4.69) is 46.3 Å². The maximum absolute atomic E-state index is 12.5. The number of carbonyl (C=O) groups excluding carboxylic acids is 1. The van der Waals surface area contributed by atoms with E-state index in [0.29, 0.717) is 13.1 Å². The fraction of sp³-hybridized carbons (Fsp3) is 0.320. The maximum atomic E-state index is 12.5. The number of nitrogens with zero attached hydrogens (tertiary/aromatic N) is 4. The Balaban J connectivity index is 1.29. The molecule has 1 aliphatic rings. The number of aromatic nitrogens is 2. The molecule has 6 nitrogen and oxygen atoms in total. The van der Waals surface area contributed by atoms with E-state index in [1.54, 1.807) is 0 Å². The van der Waals surface area contributed by atoms with Gasteiger partial charge in [-0.3, -0.25) is 4.79 Å². The average molecular weight is 417 g/mol. The Bertz CT molecular complexity index is 1010. The van der Waals surface area contributed by atoms with Crippen LogP contribution in [0.2, 0.25) is 0 Å². The predicted molar refractivity (Wildman–Crippen MR) is 122 cm³/mol. The highest BCUT2D eigenvalue weighted by Gasteiger charge is 2.22. The molecule has 1 saturated heterocycles. The normalized spacial score (nSPS) is 13.9. The minimum Gasteiger partial charge on any atom is -0.484 e. The van der Waals surface area contributed by atoms with E-state index in [4.69, 9.17) is 4.74 Å². The van der Waals surface area contributed by atoms with Gasteiger partial charge in [-0.15, -0.1) is 10.2 Å². The molecule has 1 aliphatic heterocycles. The third-order valence-corrected chi connectivity index (χ3v) is 5.62. The Kier molecular flexibility index (Phi) is 6.46. The lowest BCUT2D eigenvalue weighted by molar-refractivity contribution is -0.133. The van der Waals surface area contributed by atoms with Crippen molar-refractivity contribution in [1.29, 1.82) is 0 Å². The molecule has 0 saturated carbocycles. The summed E-state index contributed by atoms with van der Waals surface area (Å²) in [7, 11) is 0. The first-order valence-corrected chi connectivity index (χ1v) is 10.8. The molecular formula is C25H28N4O2. The Labute approximate surface area is 183 Å². The van der Waals surface area contributed by atoms with Gasteiger partial charge in [-0.05, 0) is 48.7 Å². The molecule has 31 heavy (non-hydrogen) atoms. The van der Waals surface area contributed by atoms with Crippen LogP contribution in [-0.2, 0) is 11.2 Å². The summed E-state index contributed by atoms with van der Waals surface area (Å²) in [4.78, 5) is 16.5. The fourth-order valence-corrected chi connectivity index (χ4v) is 3.69. The summed E-state index contributed by atoms with van der Waals surface area (Å²) >= 11 is 0. The van der Waals surface area contributed by atoms with Gasteiger partial charge in [0.05, 0.1) is 5.69 Å². The van der Waals surface area contributed by atoms with Gasteiger partial charge in [-0.2, -0.15) is 0 Å². The van der Waals surface area contributed by atoms with E-state index in [1.165, 1.54) is 5.56 Å². The number of ether oxygens (including phenoxy) is 1. The van der Waals surface area contributed by atoms with E-state index in [9.17, 15) is 4.79 Å². The van der Waals surface area contributed by atoms with E-state index >= 15 is 0 Å². The average Bonchev–Trinajstić information content (AvgIpc) is 2.83. The van der Waals surface area contributed by atoms with Crippen LogP contribution in [0, 0.1) is 6.92 Å². The molecule has 2 heterocycles. The van der Waals surface area contributed by atoms with Crippen molar-refractivity contribution in [3.8, 4) is 17.0 Å². The number of hydrogen-bond acceptors (Lipinski definition) is 5. The molecule has 0 unspecified atom stereocenters. The van der Waals surface area contributed by atoms with E-state index in [-0.39, 0.29) is 12.5 Å². The quantitative estimate of drug-likeness (QED) is 0.613. The Morgan fingerprint density at radius 1 is 0.968 bits per heavy atom. The van der Waals surface area contributed by atoms with Crippen molar-refractivity contribution >= 4 is 11.7 Å². The molecule has 2 aromatic carbocycles. The largest absolute Gasteiger partial charge is 0.484 e. The summed E-state index contributed by atoms with van der Waals surface area (Å²) in [5, 5.41) is 8.83. The zero-order valence-corrected chi connectivity index (χ0v) is 18.1. The summed E-state index contributed by atoms with van der Waals surface area (Å²) < 4.78 is 5.66. The van der Waals surface area contributed by atoms with Gasteiger partial charge in [0.25, 0.3) is 5.91 Å². The van der Waals surface area contributed by atoms with Crippen molar-refractivity contribution in [2.45, 2.75) is 20.3 Å². The third-order valence-electron chi connectivity index (χ3n) is 5.62. The summed E-state index contributed by atoms with van der Waals surface area (Å²) in [6.07, 6.45) is 1.03. The second-order valence-corrected chi connectivity index (χ2v) is 7.80. The lowest BCUT2D eigenvalue weighted by Gasteiger charge is -2.35. The highest BCUT2D eigenvalue weighted by molar-refractivity contribution is 5.78. The Morgan fingerprint density at radius 2 is 1.74 bits per heavy atom. The maximum Gasteiger partial charge on any atom is 0.260 e. The molecule has 160 valence electrons. The van der Waals surface area contributed by atoms with Gasteiger partial charge < -0.3 is 14.5 Å². The van der Waals surface area contributed by atoms with Crippen molar-refractivity contribution in [2.75, 3.05) is 37.7 Å². The van der Waals surface area contributed by atoms with Gasteiger partial charge in [0.2, 0.25) is 0 Å².